The number of hydrogen-bond donors (Lipinski definition) is 3. The number of aromatic nitrogens is 4. The summed E-state index contributed by atoms with van der Waals surface area (Å²) in [4.78, 5) is 14.1. The summed E-state index contributed by atoms with van der Waals surface area (Å²) in [5, 5.41) is 17.6. The quantitative estimate of drug-likeness (QED) is 0.302. The van der Waals surface area contributed by atoms with Gasteiger partial charge in [-0.25, -0.2) is 4.98 Å². The van der Waals surface area contributed by atoms with Crippen molar-refractivity contribution in [3.05, 3.63) is 35.5 Å². The third-order valence-corrected chi connectivity index (χ3v) is 8.25. The molecule has 1 saturated heterocycles. The molecule has 10 nitrogen and oxygen atoms in total. The van der Waals surface area contributed by atoms with Crippen molar-refractivity contribution in [1.82, 2.24) is 29.5 Å². The third-order valence-electron chi connectivity index (χ3n) is 8.25. The highest BCUT2D eigenvalue weighted by atomic mass is 16.5. The van der Waals surface area contributed by atoms with Crippen molar-refractivity contribution in [3.63, 3.8) is 0 Å². The molecule has 2 fully saturated rings. The van der Waals surface area contributed by atoms with Crippen LogP contribution in [0.3, 0.4) is 0 Å². The molecule has 0 amide bonds. The molecular formula is C29H44N8O2. The van der Waals surface area contributed by atoms with Crippen molar-refractivity contribution < 1.29 is 9.84 Å². The van der Waals surface area contributed by atoms with Crippen molar-refractivity contribution in [2.45, 2.75) is 64.6 Å². The van der Waals surface area contributed by atoms with Crippen LogP contribution in [0, 0.1) is 5.92 Å². The maximum absolute atomic E-state index is 9.52. The lowest BCUT2D eigenvalue weighted by atomic mass is 9.85. The molecule has 10 heteroatoms. The van der Waals surface area contributed by atoms with Crippen LogP contribution < -0.4 is 15.8 Å². The summed E-state index contributed by atoms with van der Waals surface area (Å²) in [5.74, 6) is 2.65. The monoisotopic (exact) mass is 536 g/mol. The fourth-order valence-corrected chi connectivity index (χ4v) is 5.83. The van der Waals surface area contributed by atoms with Gasteiger partial charge in [0.05, 0.1) is 19.9 Å². The second-order valence-electron chi connectivity index (χ2n) is 11.1. The number of ether oxygens (including phenoxy) is 1. The SMILES string of the molecule is CCC[C@@H](CCO)Nc1nc(N)nc2cnn(Cc3ccc(CN4CCN(CC5CCC5)CC4)cc3OC)c12. The van der Waals surface area contributed by atoms with Gasteiger partial charge in [-0.2, -0.15) is 10.1 Å². The predicted octanol–water partition coefficient (Wildman–Crippen LogP) is 3.35. The first kappa shape index (κ1) is 27.6. The van der Waals surface area contributed by atoms with Crippen molar-refractivity contribution in [2.75, 3.05) is 57.5 Å². The summed E-state index contributed by atoms with van der Waals surface area (Å²) in [7, 11) is 1.73. The van der Waals surface area contributed by atoms with Crippen LogP contribution >= 0.6 is 0 Å². The Bertz CT molecular complexity index is 1210. The fourth-order valence-electron chi connectivity index (χ4n) is 5.83. The highest BCUT2D eigenvalue weighted by molar-refractivity contribution is 5.86. The molecule has 2 aliphatic rings. The van der Waals surface area contributed by atoms with E-state index in [0.29, 0.717) is 24.3 Å². The van der Waals surface area contributed by atoms with E-state index in [1.54, 1.807) is 13.3 Å². The number of aliphatic hydroxyl groups is 1. The highest BCUT2D eigenvalue weighted by Crippen LogP contribution is 2.29. The van der Waals surface area contributed by atoms with E-state index in [2.05, 4.69) is 55.3 Å². The molecular weight excluding hydrogens is 492 g/mol. The van der Waals surface area contributed by atoms with Gasteiger partial charge >= 0.3 is 0 Å². The Balaban J connectivity index is 1.28. The zero-order chi connectivity index (χ0) is 27.2. The van der Waals surface area contributed by atoms with Gasteiger partial charge in [0.15, 0.2) is 5.82 Å². The van der Waals surface area contributed by atoms with Crippen LogP contribution in [0.15, 0.2) is 24.4 Å². The maximum Gasteiger partial charge on any atom is 0.222 e. The van der Waals surface area contributed by atoms with Gasteiger partial charge < -0.3 is 25.8 Å². The standard InChI is InChI=1S/C29H44N8O2/c1-3-5-24(10-15-38)32-28-27-25(33-29(30)34-28)17-31-37(27)20-23-9-8-22(16-26(23)39-2)19-36-13-11-35(12-14-36)18-21-6-4-7-21/h8-9,16-17,21,24,38H,3-7,10-15,18-20H2,1-2H3,(H3,30,32,33,34)/t24-/m0/s1. The summed E-state index contributed by atoms with van der Waals surface area (Å²) in [6, 6.07) is 6.60. The van der Waals surface area contributed by atoms with Crippen LogP contribution in [0.4, 0.5) is 11.8 Å². The zero-order valence-electron chi connectivity index (χ0n) is 23.5. The van der Waals surface area contributed by atoms with Crippen molar-refractivity contribution in [2.24, 2.45) is 5.92 Å². The van der Waals surface area contributed by atoms with Gasteiger partial charge in [0.25, 0.3) is 0 Å². The third kappa shape index (κ3) is 6.80. The van der Waals surface area contributed by atoms with Crippen LogP contribution in [0.2, 0.25) is 0 Å². The van der Waals surface area contributed by atoms with E-state index in [-0.39, 0.29) is 18.6 Å². The summed E-state index contributed by atoms with van der Waals surface area (Å²) >= 11 is 0. The number of benzene rings is 1. The molecule has 4 N–H and O–H groups in total. The topological polar surface area (TPSA) is 118 Å². The van der Waals surface area contributed by atoms with Crippen molar-refractivity contribution in [3.8, 4) is 5.75 Å². The number of aliphatic hydroxyl groups excluding tert-OH is 1. The molecule has 0 bridgehead atoms. The highest BCUT2D eigenvalue weighted by Gasteiger charge is 2.24. The van der Waals surface area contributed by atoms with Crippen LogP contribution in [0.5, 0.6) is 5.75 Å². The minimum absolute atomic E-state index is 0.0924. The number of fused-ring (bicyclic) bond motifs is 1. The van der Waals surface area contributed by atoms with Gasteiger partial charge in [-0.05, 0) is 43.2 Å². The lowest BCUT2D eigenvalue weighted by Crippen LogP contribution is -2.47. The molecule has 1 atom stereocenters. The molecule has 0 radical (unpaired) electrons. The van der Waals surface area contributed by atoms with E-state index in [9.17, 15) is 5.11 Å². The first-order valence-electron chi connectivity index (χ1n) is 14.5. The van der Waals surface area contributed by atoms with Crippen molar-refractivity contribution >= 4 is 22.8 Å². The molecule has 2 aromatic heterocycles. The Kier molecular flexibility index (Phi) is 9.16. The Morgan fingerprint density at radius 2 is 1.90 bits per heavy atom. The van der Waals surface area contributed by atoms with Crippen LogP contribution in [0.1, 0.15) is 56.6 Å². The average Bonchev–Trinajstić information content (AvgIpc) is 3.30. The molecule has 0 spiro atoms. The maximum atomic E-state index is 9.52. The second kappa shape index (κ2) is 12.9. The van der Waals surface area contributed by atoms with Gasteiger partial charge in [0.1, 0.15) is 16.8 Å². The van der Waals surface area contributed by atoms with E-state index in [1.165, 1.54) is 44.5 Å². The normalized spacial score (nSPS) is 17.8. The predicted molar refractivity (Wildman–Crippen MR) is 155 cm³/mol. The van der Waals surface area contributed by atoms with E-state index < -0.39 is 0 Å². The van der Waals surface area contributed by atoms with Crippen LogP contribution in [0.25, 0.3) is 11.0 Å². The molecule has 3 heterocycles. The van der Waals surface area contributed by atoms with Gasteiger partial charge in [-0.1, -0.05) is 31.9 Å². The first-order chi connectivity index (χ1) is 19.1. The summed E-state index contributed by atoms with van der Waals surface area (Å²) < 4.78 is 7.73. The smallest absolute Gasteiger partial charge is 0.222 e. The molecule has 212 valence electrons. The minimum Gasteiger partial charge on any atom is -0.496 e. The lowest BCUT2D eigenvalue weighted by molar-refractivity contribution is 0.0967. The molecule has 1 aliphatic carbocycles. The van der Waals surface area contributed by atoms with Gasteiger partial charge in [0.2, 0.25) is 5.95 Å². The molecule has 1 aromatic carbocycles. The van der Waals surface area contributed by atoms with E-state index in [0.717, 1.165) is 55.2 Å². The molecule has 39 heavy (non-hydrogen) atoms. The largest absolute Gasteiger partial charge is 0.496 e. The number of methoxy groups -OCH3 is 1. The van der Waals surface area contributed by atoms with E-state index in [1.807, 2.05) is 4.68 Å². The first-order valence-corrected chi connectivity index (χ1v) is 14.5. The lowest BCUT2D eigenvalue weighted by Gasteiger charge is -2.38. The second-order valence-corrected chi connectivity index (χ2v) is 11.1. The number of nitrogens with one attached hydrogen (secondary N) is 1. The molecule has 1 aliphatic heterocycles. The summed E-state index contributed by atoms with van der Waals surface area (Å²) in [5.41, 5.74) is 9.81. The number of nitrogen functional groups attached to an aromatic ring is 1. The fraction of sp³-hybridized carbons (Fsp3) is 0.621. The van der Waals surface area contributed by atoms with Crippen molar-refractivity contribution in [1.29, 1.82) is 0 Å². The van der Waals surface area contributed by atoms with Crippen LogP contribution in [-0.2, 0) is 13.1 Å². The van der Waals surface area contributed by atoms with E-state index >= 15 is 0 Å². The number of nitrogens with zero attached hydrogens (tertiary/aromatic N) is 6. The van der Waals surface area contributed by atoms with E-state index in [4.69, 9.17) is 10.5 Å². The average molecular weight is 537 g/mol. The molecule has 3 aromatic rings. The van der Waals surface area contributed by atoms with Gasteiger partial charge in [0, 0.05) is 57.5 Å². The summed E-state index contributed by atoms with van der Waals surface area (Å²) in [6.45, 7) is 9.54. The zero-order valence-corrected chi connectivity index (χ0v) is 23.5. The molecule has 1 saturated carbocycles. The molecule has 0 unspecified atom stereocenters. The number of hydrogen-bond acceptors (Lipinski definition) is 9. The van der Waals surface area contributed by atoms with Crippen LogP contribution in [-0.4, -0.2) is 87.1 Å². The Morgan fingerprint density at radius 1 is 1.10 bits per heavy atom. The summed E-state index contributed by atoms with van der Waals surface area (Å²) in [6.07, 6.45) is 8.54. The van der Waals surface area contributed by atoms with Gasteiger partial charge in [-0.15, -0.1) is 0 Å². The van der Waals surface area contributed by atoms with Gasteiger partial charge in [-0.3, -0.25) is 9.58 Å². The number of rotatable bonds is 13. The Morgan fingerprint density at radius 3 is 2.59 bits per heavy atom. The number of anilines is 2. The Labute approximate surface area is 231 Å². The Hall–Kier alpha value is -2.95. The number of piperazine rings is 1. The molecule has 5 rings (SSSR count). The minimum atomic E-state index is 0.0924. The number of nitrogens with two attached hydrogens (primary N) is 1.